The van der Waals surface area contributed by atoms with Crippen LogP contribution in [0.3, 0.4) is 0 Å². The minimum absolute atomic E-state index is 0.0166. The molecule has 0 saturated carbocycles. The third-order valence-electron chi connectivity index (χ3n) is 24.9. The number of carbonyl (C=O) groups excluding carboxylic acids is 4. The summed E-state index contributed by atoms with van der Waals surface area (Å²) in [6, 6.07) is 36.2. The molecule has 3 aliphatic rings. The molecule has 14 atom stereocenters. The second-order valence-electron chi connectivity index (χ2n) is 37.5. The summed E-state index contributed by atoms with van der Waals surface area (Å²) in [6.45, 7) is 16.2. The molecule has 3 heterocycles. The molecule has 3 saturated heterocycles. The van der Waals surface area contributed by atoms with E-state index in [0.29, 0.717) is 44.8 Å². The van der Waals surface area contributed by atoms with Gasteiger partial charge in [-0.2, -0.15) is 0 Å². The largest absolute Gasteiger partial charge is 0.462 e. The number of carbonyl (C=O) groups is 4. The summed E-state index contributed by atoms with van der Waals surface area (Å²) < 4.78 is 59.9. The first kappa shape index (κ1) is 105. The van der Waals surface area contributed by atoms with Gasteiger partial charge in [-0.05, 0) is 66.5 Å². The highest BCUT2D eigenvalue weighted by Crippen LogP contribution is 2.37. The van der Waals surface area contributed by atoms with Gasteiger partial charge in [0.1, 0.15) is 54.8 Å². The predicted octanol–water partition coefficient (Wildman–Crippen LogP) is 23.7. The van der Waals surface area contributed by atoms with Crippen LogP contribution >= 0.6 is 0 Å². The normalized spacial score (nSPS) is 21.0. The lowest BCUT2D eigenvalue weighted by Crippen LogP contribution is -2.69. The van der Waals surface area contributed by atoms with Crippen molar-refractivity contribution in [2.75, 3.05) is 13.2 Å². The standard InChI is InChI=1S/C105H169N3O16/c1-8-9-10-11-12-13-14-15-16-23-31-38-57-72-96(112)120-90(71-56-37-29-22-18-20-26-33-44-59-82(4)5)75-94(110)107-98-102(124-108-95(111)74-89(116-77-85-63-48-40-49-64-85)70-55-36-30-24-27-34-45-60-83(6)7)101-92(80-118-104(123-101)87-67-52-42-53-68-87)122-105(98)119-79-91-100(117-78-86-65-50-41-51-66-86)99(113)97(103(114)121-91)106-93(109)73-88(115-76-84-61-46-39-47-62-84)69-54-35-28-21-17-19-25-32-43-58-81(2)3/h39-42,46-53,61-68,81-83,88-92,97-105,113-114H,8-38,43-45,54-60,69-80H2,1-7H3,(H,106,109)(H,107,110)(H,108,111)/t88-,89-,90-,91-,92-,97-,98-,99-,100-,101-,102-,103-,104?,105-/m1/s1. The monoisotopic (exact) mass is 1730 g/mol. The number of hydrogen-bond donors (Lipinski definition) is 5. The summed E-state index contributed by atoms with van der Waals surface area (Å²) in [6.07, 6.45) is 36.3. The predicted molar refractivity (Wildman–Crippen MR) is 495 cm³/mol. The van der Waals surface area contributed by atoms with Crippen LogP contribution in [-0.2, 0) is 86.5 Å². The van der Waals surface area contributed by atoms with Crippen LogP contribution in [0.15, 0.2) is 121 Å². The third-order valence-corrected chi connectivity index (χ3v) is 24.9. The zero-order chi connectivity index (χ0) is 88.2. The Labute approximate surface area is 749 Å². The Morgan fingerprint density at radius 1 is 0.403 bits per heavy atom. The molecule has 19 nitrogen and oxygen atoms in total. The van der Waals surface area contributed by atoms with Gasteiger partial charge in [-0.15, -0.1) is 0 Å². The van der Waals surface area contributed by atoms with Gasteiger partial charge in [-0.3, -0.25) is 24.0 Å². The fourth-order valence-electron chi connectivity index (χ4n) is 17.4. The molecular weight excluding hydrogens is 1560 g/mol. The Hall–Kier alpha value is -5.68. The molecule has 3 amide bonds. The van der Waals surface area contributed by atoms with Crippen LogP contribution in [0.4, 0.5) is 0 Å². The summed E-state index contributed by atoms with van der Waals surface area (Å²) in [7, 11) is 0. The maximum atomic E-state index is 15.5. The zero-order valence-corrected chi connectivity index (χ0v) is 77.9. The molecule has 4 aromatic rings. The van der Waals surface area contributed by atoms with Crippen molar-refractivity contribution in [1.29, 1.82) is 0 Å². The van der Waals surface area contributed by atoms with Gasteiger partial charge >= 0.3 is 5.97 Å². The van der Waals surface area contributed by atoms with E-state index in [1.807, 2.05) is 121 Å². The van der Waals surface area contributed by atoms with Crippen LogP contribution in [0.1, 0.15) is 385 Å². The quantitative estimate of drug-likeness (QED) is 0.0157. The Morgan fingerprint density at radius 2 is 0.782 bits per heavy atom. The van der Waals surface area contributed by atoms with Crippen molar-refractivity contribution in [2.45, 2.75) is 462 Å². The van der Waals surface area contributed by atoms with E-state index >= 15 is 4.79 Å². The fourth-order valence-corrected chi connectivity index (χ4v) is 17.4. The van der Waals surface area contributed by atoms with E-state index in [2.05, 4.69) is 64.6 Å². The minimum Gasteiger partial charge on any atom is -0.462 e. The number of rotatable bonds is 72. The summed E-state index contributed by atoms with van der Waals surface area (Å²) in [5.74, 6) is 0.466. The first-order valence-corrected chi connectivity index (χ1v) is 49.8. The summed E-state index contributed by atoms with van der Waals surface area (Å²) in [5.41, 5.74) is 6.31. The van der Waals surface area contributed by atoms with Gasteiger partial charge < -0.3 is 63.5 Å². The van der Waals surface area contributed by atoms with Gasteiger partial charge in [-0.1, -0.05) is 420 Å². The number of nitrogens with one attached hydrogen (secondary N) is 3. The molecule has 124 heavy (non-hydrogen) atoms. The number of amides is 3. The second-order valence-corrected chi connectivity index (χ2v) is 37.5. The molecule has 0 radical (unpaired) electrons. The van der Waals surface area contributed by atoms with Crippen LogP contribution in [0.25, 0.3) is 0 Å². The van der Waals surface area contributed by atoms with Gasteiger partial charge in [-0.25, -0.2) is 5.48 Å². The molecular formula is C105H169N3O16. The van der Waals surface area contributed by atoms with Crippen LogP contribution < -0.4 is 16.1 Å². The van der Waals surface area contributed by atoms with Gasteiger partial charge in [0.25, 0.3) is 0 Å². The van der Waals surface area contributed by atoms with Crippen molar-refractivity contribution in [3.63, 3.8) is 0 Å². The average molecular weight is 1730 g/mol. The number of unbranched alkanes of at least 4 members (excludes halogenated alkanes) is 34. The van der Waals surface area contributed by atoms with Crippen molar-refractivity contribution in [3.05, 3.63) is 144 Å². The van der Waals surface area contributed by atoms with E-state index in [4.69, 9.17) is 47.5 Å². The number of esters is 1. The van der Waals surface area contributed by atoms with E-state index in [1.54, 1.807) is 0 Å². The molecule has 1 unspecified atom stereocenters. The van der Waals surface area contributed by atoms with Crippen LogP contribution in [-0.4, -0.2) is 127 Å². The first-order valence-electron chi connectivity index (χ1n) is 49.8. The molecule has 0 aliphatic carbocycles. The maximum absolute atomic E-state index is 15.5. The Balaban J connectivity index is 1.13. The highest BCUT2D eigenvalue weighted by molar-refractivity contribution is 5.78. The molecule has 3 fully saturated rings. The van der Waals surface area contributed by atoms with Crippen molar-refractivity contribution in [3.8, 4) is 0 Å². The second kappa shape index (κ2) is 65.8. The number of benzene rings is 4. The first-order chi connectivity index (χ1) is 60.5. The molecule has 7 rings (SSSR count). The zero-order valence-electron chi connectivity index (χ0n) is 77.9. The number of hydroxylamine groups is 1. The summed E-state index contributed by atoms with van der Waals surface area (Å²) in [4.78, 5) is 65.6. The van der Waals surface area contributed by atoms with E-state index < -0.39 is 110 Å². The summed E-state index contributed by atoms with van der Waals surface area (Å²) >= 11 is 0. The smallest absolute Gasteiger partial charge is 0.306 e. The molecule has 19 heteroatoms. The van der Waals surface area contributed by atoms with Gasteiger partial charge in [0, 0.05) is 12.0 Å². The molecule has 0 bridgehead atoms. The molecule has 3 aliphatic heterocycles. The molecule has 5 N–H and O–H groups in total. The van der Waals surface area contributed by atoms with Crippen LogP contribution in [0, 0.1) is 17.8 Å². The molecule has 4 aromatic carbocycles. The molecule has 0 spiro atoms. The van der Waals surface area contributed by atoms with Gasteiger partial charge in [0.15, 0.2) is 18.9 Å². The van der Waals surface area contributed by atoms with Crippen LogP contribution in [0.2, 0.25) is 0 Å². The average Bonchev–Trinajstić information content (AvgIpc) is 0.769. The lowest BCUT2D eigenvalue weighted by atomic mass is 9.94. The van der Waals surface area contributed by atoms with Crippen molar-refractivity contribution in [1.82, 2.24) is 16.1 Å². The number of aliphatic hydroxyl groups excluding tert-OH is 2. The maximum Gasteiger partial charge on any atom is 0.306 e. The Morgan fingerprint density at radius 3 is 1.23 bits per heavy atom. The van der Waals surface area contributed by atoms with Crippen LogP contribution in [0.5, 0.6) is 0 Å². The Bertz CT molecular complexity index is 3300. The fraction of sp³-hybridized carbons (Fsp3) is 0.733. The van der Waals surface area contributed by atoms with E-state index in [0.717, 1.165) is 124 Å². The van der Waals surface area contributed by atoms with Crippen molar-refractivity contribution >= 4 is 23.7 Å². The van der Waals surface area contributed by atoms with E-state index in [-0.39, 0.29) is 44.9 Å². The van der Waals surface area contributed by atoms with E-state index in [9.17, 15) is 24.6 Å². The highest BCUT2D eigenvalue weighted by Gasteiger charge is 2.54. The SMILES string of the molecule is CCCCCCCCCCCCCCCC(=O)O[C@H](CCCCCCCCCCCC(C)C)CC(=O)N[C@H]1[C@H](OC[C@H]2O[C@@H](O)[C@H](NC(=O)C[C@@H](CCCCCCCCCCCC(C)C)OCc3ccccc3)[C@@H](O)[C@@H]2OCc2ccccc2)O[C@@H]2COC(c3ccccc3)O[C@H]2[C@@H]1ONC(=O)C[C@@H](CCCCCCCCCC(C)C)OCc1ccccc1. The van der Waals surface area contributed by atoms with Crippen molar-refractivity contribution in [2.24, 2.45) is 17.8 Å². The molecule has 700 valence electrons. The number of aliphatic hydroxyl groups is 2. The van der Waals surface area contributed by atoms with Gasteiger partial charge in [0.2, 0.25) is 17.7 Å². The lowest BCUT2D eigenvalue weighted by molar-refractivity contribution is -0.357. The lowest BCUT2D eigenvalue weighted by Gasteiger charge is -2.49. The Kier molecular flexibility index (Phi) is 55.9. The van der Waals surface area contributed by atoms with E-state index in [1.165, 1.54) is 167 Å². The van der Waals surface area contributed by atoms with Gasteiger partial charge in [0.05, 0.1) is 64.5 Å². The number of ether oxygens (including phenoxy) is 9. The number of hydrogen-bond acceptors (Lipinski definition) is 16. The molecule has 0 aromatic heterocycles. The highest BCUT2D eigenvalue weighted by atomic mass is 16.8. The topological polar surface area (TPSA) is 237 Å². The van der Waals surface area contributed by atoms with Crippen molar-refractivity contribution < 1.29 is 76.9 Å². The number of fused-ring (bicyclic) bond motifs is 1. The minimum atomic E-state index is -1.75. The summed E-state index contributed by atoms with van der Waals surface area (Å²) in [5, 5.41) is 31.1. The third kappa shape index (κ3) is 46.0.